The molecule has 8 nitrogen and oxygen atoms in total. The molecule has 0 radical (unpaired) electrons. The summed E-state index contributed by atoms with van der Waals surface area (Å²) in [6.07, 6.45) is 0.735. The number of rotatable bonds is 8. The maximum atomic E-state index is 13.1. The molecule has 0 unspecified atom stereocenters. The first-order chi connectivity index (χ1) is 18.2. The highest BCUT2D eigenvalue weighted by atomic mass is 35.5. The summed E-state index contributed by atoms with van der Waals surface area (Å²) in [4.78, 5) is 51.5. The van der Waals surface area contributed by atoms with Crippen molar-refractivity contribution in [2.75, 3.05) is 22.1 Å². The Balaban J connectivity index is 1.41. The van der Waals surface area contributed by atoms with Crippen LogP contribution in [0.25, 0.3) is 0 Å². The average molecular weight is 532 g/mol. The van der Waals surface area contributed by atoms with Crippen LogP contribution in [0.2, 0.25) is 0 Å². The number of halogens is 1. The fourth-order valence-corrected chi connectivity index (χ4v) is 4.16. The molecule has 0 saturated carbocycles. The minimum absolute atomic E-state index is 0.0365. The van der Waals surface area contributed by atoms with E-state index in [0.29, 0.717) is 34.8 Å². The van der Waals surface area contributed by atoms with Crippen molar-refractivity contribution in [1.82, 2.24) is 0 Å². The van der Waals surface area contributed by atoms with Gasteiger partial charge in [0.15, 0.2) is 0 Å². The van der Waals surface area contributed by atoms with Crippen LogP contribution in [0.1, 0.15) is 45.2 Å². The van der Waals surface area contributed by atoms with E-state index >= 15 is 0 Å². The Morgan fingerprint density at radius 3 is 2.03 bits per heavy atom. The highest BCUT2D eigenvalue weighted by Crippen LogP contribution is 2.31. The fraction of sp³-hybridized carbons (Fsp3) is 0.172. The number of aryl methyl sites for hydroxylation is 2. The molecule has 4 rings (SSSR count). The van der Waals surface area contributed by atoms with Gasteiger partial charge in [-0.25, -0.2) is 9.69 Å². The first-order valence-electron chi connectivity index (χ1n) is 12.0. The molecule has 1 aliphatic rings. The molecule has 0 bridgehead atoms. The summed E-state index contributed by atoms with van der Waals surface area (Å²) in [7, 11) is 0. The first-order valence-corrected chi connectivity index (χ1v) is 12.4. The molecule has 3 amide bonds. The number of nitrogens with one attached hydrogen (secondary N) is 2. The van der Waals surface area contributed by atoms with Gasteiger partial charge < -0.3 is 15.4 Å². The second kappa shape index (κ2) is 11.3. The number of hydrogen-bond donors (Lipinski definition) is 2. The van der Waals surface area contributed by atoms with Gasteiger partial charge >= 0.3 is 5.97 Å². The topological polar surface area (TPSA) is 105 Å². The lowest BCUT2D eigenvalue weighted by molar-refractivity contribution is -0.120. The highest BCUT2D eigenvalue weighted by molar-refractivity contribution is 6.53. The summed E-state index contributed by atoms with van der Waals surface area (Å²) < 4.78 is 5.10. The molecular formula is C29H26ClN3O5. The Kier molecular flexibility index (Phi) is 7.93. The van der Waals surface area contributed by atoms with Crippen molar-refractivity contribution in [2.24, 2.45) is 0 Å². The predicted molar refractivity (Wildman–Crippen MR) is 146 cm³/mol. The van der Waals surface area contributed by atoms with E-state index < -0.39 is 17.8 Å². The standard InChI is InChI=1S/C29H26ClN3O5/c1-4-13-38-29(37)20-7-11-22(12-8-20)32-26(34)19-5-9-21(10-6-19)31-25-24(30)27(35)33(28(25)36)23-15-17(2)14-18(3)16-23/h5-12,14-16,31H,4,13H2,1-3H3,(H,32,34). The Morgan fingerprint density at radius 1 is 0.842 bits per heavy atom. The molecule has 38 heavy (non-hydrogen) atoms. The summed E-state index contributed by atoms with van der Waals surface area (Å²) in [6.45, 7) is 6.03. The molecule has 194 valence electrons. The van der Waals surface area contributed by atoms with Gasteiger partial charge in [0.25, 0.3) is 17.7 Å². The monoisotopic (exact) mass is 531 g/mol. The van der Waals surface area contributed by atoms with Gasteiger partial charge in [0.2, 0.25) is 0 Å². The Bertz CT molecular complexity index is 1430. The molecule has 3 aromatic carbocycles. The molecule has 1 aliphatic heterocycles. The predicted octanol–water partition coefficient (Wildman–Crippen LogP) is 5.56. The van der Waals surface area contributed by atoms with Crippen molar-refractivity contribution in [3.05, 3.63) is 99.7 Å². The maximum Gasteiger partial charge on any atom is 0.338 e. The largest absolute Gasteiger partial charge is 0.462 e. The van der Waals surface area contributed by atoms with Crippen molar-refractivity contribution in [3.63, 3.8) is 0 Å². The molecular weight excluding hydrogens is 506 g/mol. The van der Waals surface area contributed by atoms with Crippen molar-refractivity contribution in [1.29, 1.82) is 0 Å². The Morgan fingerprint density at radius 2 is 1.42 bits per heavy atom. The quantitative estimate of drug-likeness (QED) is 0.291. The van der Waals surface area contributed by atoms with Crippen molar-refractivity contribution in [3.8, 4) is 0 Å². The second-order valence-electron chi connectivity index (χ2n) is 8.85. The van der Waals surface area contributed by atoms with E-state index in [1.165, 1.54) is 0 Å². The first kappa shape index (κ1) is 26.6. The van der Waals surface area contributed by atoms with Crippen LogP contribution in [-0.4, -0.2) is 30.3 Å². The summed E-state index contributed by atoms with van der Waals surface area (Å²) in [5, 5.41) is 5.46. The molecule has 3 aromatic rings. The van der Waals surface area contributed by atoms with Crippen LogP contribution in [0, 0.1) is 13.8 Å². The van der Waals surface area contributed by atoms with Gasteiger partial charge in [-0.05, 0) is 92.1 Å². The van der Waals surface area contributed by atoms with E-state index in [0.717, 1.165) is 22.4 Å². The third-order valence-electron chi connectivity index (χ3n) is 5.72. The zero-order valence-corrected chi connectivity index (χ0v) is 21.9. The van der Waals surface area contributed by atoms with Gasteiger partial charge in [0.1, 0.15) is 10.7 Å². The van der Waals surface area contributed by atoms with Gasteiger partial charge in [0, 0.05) is 16.9 Å². The number of imide groups is 1. The second-order valence-corrected chi connectivity index (χ2v) is 9.23. The number of hydrogen-bond acceptors (Lipinski definition) is 6. The fourth-order valence-electron chi connectivity index (χ4n) is 3.95. The maximum absolute atomic E-state index is 13.1. The van der Waals surface area contributed by atoms with Gasteiger partial charge in [-0.15, -0.1) is 0 Å². The molecule has 0 aromatic heterocycles. The number of esters is 1. The summed E-state index contributed by atoms with van der Waals surface area (Å²) in [5.74, 6) is -1.94. The SMILES string of the molecule is CCCOC(=O)c1ccc(NC(=O)c2ccc(NC3=C(Cl)C(=O)N(c4cc(C)cc(C)c4)C3=O)cc2)cc1. The Hall–Kier alpha value is -4.43. The molecule has 1 heterocycles. The van der Waals surface area contributed by atoms with Crippen LogP contribution >= 0.6 is 11.6 Å². The zero-order chi connectivity index (χ0) is 27.4. The van der Waals surface area contributed by atoms with E-state index in [1.807, 2.05) is 26.8 Å². The summed E-state index contributed by atoms with van der Waals surface area (Å²) in [5.41, 5.74) is 4.00. The lowest BCUT2D eigenvalue weighted by Gasteiger charge is -2.16. The van der Waals surface area contributed by atoms with Crippen molar-refractivity contribution in [2.45, 2.75) is 27.2 Å². The minimum Gasteiger partial charge on any atom is -0.462 e. The van der Waals surface area contributed by atoms with Crippen molar-refractivity contribution < 1.29 is 23.9 Å². The molecule has 0 fully saturated rings. The number of ether oxygens (including phenoxy) is 1. The number of carbonyl (C=O) groups is 4. The van der Waals surface area contributed by atoms with Gasteiger partial charge in [-0.1, -0.05) is 24.6 Å². The average Bonchev–Trinajstić information content (AvgIpc) is 3.10. The summed E-state index contributed by atoms with van der Waals surface area (Å²) >= 11 is 6.24. The van der Waals surface area contributed by atoms with E-state index in [9.17, 15) is 19.2 Å². The van der Waals surface area contributed by atoms with Crippen LogP contribution in [0.5, 0.6) is 0 Å². The summed E-state index contributed by atoms with van der Waals surface area (Å²) in [6, 6.07) is 18.2. The normalized spacial score (nSPS) is 13.1. The van der Waals surface area contributed by atoms with E-state index in [4.69, 9.17) is 16.3 Å². The smallest absolute Gasteiger partial charge is 0.338 e. The highest BCUT2D eigenvalue weighted by Gasteiger charge is 2.39. The van der Waals surface area contributed by atoms with Crippen LogP contribution < -0.4 is 15.5 Å². The molecule has 0 aliphatic carbocycles. The van der Waals surface area contributed by atoms with Crippen LogP contribution in [-0.2, 0) is 14.3 Å². The molecule has 2 N–H and O–H groups in total. The van der Waals surface area contributed by atoms with Crippen LogP contribution in [0.4, 0.5) is 17.1 Å². The van der Waals surface area contributed by atoms with Crippen LogP contribution in [0.15, 0.2) is 77.5 Å². The number of carbonyl (C=O) groups excluding carboxylic acids is 4. The molecule has 0 atom stereocenters. The van der Waals surface area contributed by atoms with E-state index in [-0.39, 0.29) is 16.6 Å². The molecule has 0 saturated heterocycles. The third-order valence-corrected chi connectivity index (χ3v) is 6.07. The minimum atomic E-state index is -0.607. The van der Waals surface area contributed by atoms with E-state index in [2.05, 4.69) is 10.6 Å². The lowest BCUT2D eigenvalue weighted by atomic mass is 10.1. The molecule has 9 heteroatoms. The third kappa shape index (κ3) is 5.76. The van der Waals surface area contributed by atoms with Crippen molar-refractivity contribution >= 4 is 52.4 Å². The Labute approximate surface area is 225 Å². The van der Waals surface area contributed by atoms with E-state index in [1.54, 1.807) is 60.7 Å². The number of benzene rings is 3. The number of nitrogens with zero attached hydrogens (tertiary/aromatic N) is 1. The zero-order valence-electron chi connectivity index (χ0n) is 21.1. The number of amides is 3. The van der Waals surface area contributed by atoms with Gasteiger partial charge in [-0.3, -0.25) is 14.4 Å². The van der Waals surface area contributed by atoms with Gasteiger partial charge in [0.05, 0.1) is 17.9 Å². The molecule has 0 spiro atoms. The van der Waals surface area contributed by atoms with Gasteiger partial charge in [-0.2, -0.15) is 0 Å². The number of anilines is 3. The van der Waals surface area contributed by atoms with Crippen LogP contribution in [0.3, 0.4) is 0 Å². The lowest BCUT2D eigenvalue weighted by Crippen LogP contribution is -2.32.